The maximum Gasteiger partial charge on any atom is 0.333 e. The number of aromatic nitrogens is 4. The SMILES string of the molecule is NS(=O)(=O)OCC1CCC(Nc2ncncc2C(=O)c2cc(Cn3ccc4cccnc43)cs2)C1. The second-order valence-corrected chi connectivity index (χ2v) is 10.7. The Balaban J connectivity index is 1.27. The highest BCUT2D eigenvalue weighted by Crippen LogP contribution is 2.30. The van der Waals surface area contributed by atoms with E-state index in [1.165, 1.54) is 23.9 Å². The molecule has 0 amide bonds. The summed E-state index contributed by atoms with van der Waals surface area (Å²) < 4.78 is 28.9. The summed E-state index contributed by atoms with van der Waals surface area (Å²) in [6.45, 7) is 0.668. The number of nitrogens with zero attached hydrogens (tertiary/aromatic N) is 4. The van der Waals surface area contributed by atoms with Crippen LogP contribution in [0.15, 0.2) is 54.6 Å². The first-order valence-corrected chi connectivity index (χ1v) is 13.5. The van der Waals surface area contributed by atoms with Crippen LogP contribution in [0.4, 0.5) is 5.82 Å². The minimum Gasteiger partial charge on any atom is -0.367 e. The van der Waals surface area contributed by atoms with Crippen molar-refractivity contribution in [2.24, 2.45) is 11.1 Å². The fraction of sp³-hybridized carbons (Fsp3) is 0.304. The first-order chi connectivity index (χ1) is 16.9. The van der Waals surface area contributed by atoms with Gasteiger partial charge in [0.25, 0.3) is 0 Å². The molecular weight excluding hydrogens is 488 g/mol. The monoisotopic (exact) mass is 512 g/mol. The molecule has 0 saturated heterocycles. The topological polar surface area (TPSA) is 142 Å². The molecule has 0 radical (unpaired) electrons. The van der Waals surface area contributed by atoms with Crippen LogP contribution in [-0.2, 0) is 21.0 Å². The molecule has 0 aromatic carbocycles. The lowest BCUT2D eigenvalue weighted by Crippen LogP contribution is -2.22. The summed E-state index contributed by atoms with van der Waals surface area (Å²) in [5.74, 6) is 0.386. The average Bonchev–Trinajstić information content (AvgIpc) is 3.58. The van der Waals surface area contributed by atoms with E-state index in [1.807, 2.05) is 35.8 Å². The van der Waals surface area contributed by atoms with Crippen molar-refractivity contribution in [3.8, 4) is 0 Å². The maximum atomic E-state index is 13.3. The molecule has 0 spiro atoms. The molecule has 3 N–H and O–H groups in total. The lowest BCUT2D eigenvalue weighted by Gasteiger charge is -2.15. The highest BCUT2D eigenvalue weighted by atomic mass is 32.2. The Kier molecular flexibility index (Phi) is 6.60. The molecule has 2 unspecified atom stereocenters. The number of nitrogens with two attached hydrogens (primary N) is 1. The van der Waals surface area contributed by atoms with Crippen LogP contribution in [0.1, 0.15) is 40.1 Å². The predicted molar refractivity (Wildman–Crippen MR) is 132 cm³/mol. The standard InChI is InChI=1S/C23H24N6O4S2/c24-35(31,32)33-12-15-3-4-18(8-15)28-22-19(10-25-14-27-22)21(30)20-9-16(13-34-20)11-29-7-5-17-2-1-6-26-23(17)29/h1-2,5-7,9-10,13-15,18H,3-4,8,11-12H2,(H2,24,31,32)(H,25,27,28). The van der Waals surface area contributed by atoms with E-state index >= 15 is 0 Å². The van der Waals surface area contributed by atoms with Crippen LogP contribution in [0.25, 0.3) is 11.0 Å². The van der Waals surface area contributed by atoms with E-state index in [4.69, 9.17) is 9.32 Å². The van der Waals surface area contributed by atoms with Gasteiger partial charge < -0.3 is 9.88 Å². The van der Waals surface area contributed by atoms with Crippen LogP contribution in [0, 0.1) is 5.92 Å². The molecule has 1 fully saturated rings. The number of carbonyl (C=O) groups is 1. The Bertz CT molecular complexity index is 1470. The molecule has 4 aromatic rings. The van der Waals surface area contributed by atoms with Gasteiger partial charge in [-0.1, -0.05) is 0 Å². The van der Waals surface area contributed by atoms with Crippen LogP contribution in [0.5, 0.6) is 0 Å². The predicted octanol–water partition coefficient (Wildman–Crippen LogP) is 2.97. The number of anilines is 1. The molecule has 1 aliphatic carbocycles. The third-order valence-electron chi connectivity index (χ3n) is 6.06. The van der Waals surface area contributed by atoms with E-state index in [0.717, 1.165) is 29.4 Å². The van der Waals surface area contributed by atoms with E-state index in [2.05, 4.69) is 24.8 Å². The summed E-state index contributed by atoms with van der Waals surface area (Å²) in [4.78, 5) is 26.7. The molecule has 4 heterocycles. The van der Waals surface area contributed by atoms with Crippen molar-refractivity contribution in [3.63, 3.8) is 0 Å². The van der Waals surface area contributed by atoms with E-state index in [1.54, 1.807) is 6.20 Å². The van der Waals surface area contributed by atoms with Gasteiger partial charge in [0.1, 0.15) is 17.8 Å². The third-order valence-corrected chi connectivity index (χ3v) is 7.50. The number of hydrogen-bond acceptors (Lipinski definition) is 9. The Morgan fingerprint density at radius 3 is 3.03 bits per heavy atom. The summed E-state index contributed by atoms with van der Waals surface area (Å²) in [7, 11) is -3.95. The smallest absolute Gasteiger partial charge is 0.333 e. The van der Waals surface area contributed by atoms with Crippen molar-refractivity contribution in [1.82, 2.24) is 19.5 Å². The first kappa shape index (κ1) is 23.5. The molecule has 4 aromatic heterocycles. The zero-order valence-corrected chi connectivity index (χ0v) is 20.3. The number of ketones is 1. The van der Waals surface area contributed by atoms with Gasteiger partial charge in [-0.3, -0.25) is 8.98 Å². The van der Waals surface area contributed by atoms with E-state index < -0.39 is 10.3 Å². The number of rotatable bonds is 9. The maximum absolute atomic E-state index is 13.3. The third kappa shape index (κ3) is 5.56. The van der Waals surface area contributed by atoms with Crippen molar-refractivity contribution < 1.29 is 17.4 Å². The van der Waals surface area contributed by atoms with E-state index in [-0.39, 0.29) is 24.3 Å². The fourth-order valence-electron chi connectivity index (χ4n) is 4.41. The zero-order chi connectivity index (χ0) is 24.4. The molecule has 10 nitrogen and oxygen atoms in total. The highest BCUT2D eigenvalue weighted by molar-refractivity contribution is 7.84. The summed E-state index contributed by atoms with van der Waals surface area (Å²) in [6.07, 6.45) is 8.97. The van der Waals surface area contributed by atoms with Gasteiger partial charge in [0.05, 0.1) is 17.0 Å². The van der Waals surface area contributed by atoms with E-state index in [9.17, 15) is 13.2 Å². The number of nitrogens with one attached hydrogen (secondary N) is 1. The van der Waals surface area contributed by atoms with Gasteiger partial charge >= 0.3 is 10.3 Å². The van der Waals surface area contributed by atoms with Gasteiger partial charge in [-0.15, -0.1) is 11.3 Å². The molecular formula is C23H24N6O4S2. The van der Waals surface area contributed by atoms with Crippen LogP contribution in [-0.4, -0.2) is 46.4 Å². The van der Waals surface area contributed by atoms with Crippen LogP contribution in [0.3, 0.4) is 0 Å². The van der Waals surface area contributed by atoms with Crippen molar-refractivity contribution in [2.75, 3.05) is 11.9 Å². The Morgan fingerprint density at radius 1 is 1.29 bits per heavy atom. The van der Waals surface area contributed by atoms with Gasteiger partial charge in [-0.2, -0.15) is 8.42 Å². The molecule has 5 rings (SSSR count). The molecule has 2 atom stereocenters. The molecule has 35 heavy (non-hydrogen) atoms. The van der Waals surface area contributed by atoms with E-state index in [0.29, 0.717) is 29.2 Å². The number of fused-ring (bicyclic) bond motifs is 1. The van der Waals surface area contributed by atoms with Gasteiger partial charge in [0.2, 0.25) is 5.78 Å². The van der Waals surface area contributed by atoms with Crippen molar-refractivity contribution in [1.29, 1.82) is 0 Å². The number of carbonyl (C=O) groups excluding carboxylic acids is 1. The minimum absolute atomic E-state index is 0.0407. The summed E-state index contributed by atoms with van der Waals surface area (Å²) in [6, 6.07) is 7.89. The number of pyridine rings is 1. The van der Waals surface area contributed by atoms with Gasteiger partial charge in [-0.25, -0.2) is 20.1 Å². The molecule has 182 valence electrons. The second-order valence-electron chi connectivity index (χ2n) is 8.59. The lowest BCUT2D eigenvalue weighted by atomic mass is 10.1. The van der Waals surface area contributed by atoms with Gasteiger partial charge in [-0.05, 0) is 60.4 Å². The van der Waals surface area contributed by atoms with Crippen molar-refractivity contribution in [3.05, 3.63) is 70.6 Å². The van der Waals surface area contributed by atoms with Gasteiger partial charge in [0, 0.05) is 36.6 Å². The average molecular weight is 513 g/mol. The van der Waals surface area contributed by atoms with Crippen molar-refractivity contribution in [2.45, 2.75) is 31.8 Å². The Morgan fingerprint density at radius 2 is 2.17 bits per heavy atom. The summed E-state index contributed by atoms with van der Waals surface area (Å²) in [5.41, 5.74) is 2.32. The molecule has 1 aliphatic rings. The molecule has 1 saturated carbocycles. The van der Waals surface area contributed by atoms with Crippen LogP contribution < -0.4 is 10.5 Å². The normalized spacial score (nSPS) is 18.2. The van der Waals surface area contributed by atoms with Crippen LogP contribution >= 0.6 is 11.3 Å². The molecule has 0 bridgehead atoms. The Hall–Kier alpha value is -3.19. The summed E-state index contributed by atoms with van der Waals surface area (Å²) in [5, 5.41) is 11.3. The number of thiophene rings is 1. The van der Waals surface area contributed by atoms with Crippen LogP contribution in [0.2, 0.25) is 0 Å². The lowest BCUT2D eigenvalue weighted by molar-refractivity contribution is 0.104. The summed E-state index contributed by atoms with van der Waals surface area (Å²) >= 11 is 1.39. The van der Waals surface area contributed by atoms with Crippen molar-refractivity contribution >= 4 is 44.3 Å². The molecule has 12 heteroatoms. The molecule has 0 aliphatic heterocycles. The van der Waals surface area contributed by atoms with Gasteiger partial charge in [0.15, 0.2) is 0 Å². The minimum atomic E-state index is -3.95. The highest BCUT2D eigenvalue weighted by Gasteiger charge is 2.28. The largest absolute Gasteiger partial charge is 0.367 e. The fourth-order valence-corrected chi connectivity index (χ4v) is 5.65. The number of hydrogen-bond donors (Lipinski definition) is 2. The quantitative estimate of drug-likeness (QED) is 0.326. The second kappa shape index (κ2) is 9.82. The first-order valence-electron chi connectivity index (χ1n) is 11.1. The Labute approximate surface area is 206 Å². The zero-order valence-electron chi connectivity index (χ0n) is 18.7.